The van der Waals surface area contributed by atoms with E-state index in [1.807, 2.05) is 0 Å². The molecule has 94 valence electrons. The molecule has 1 atom stereocenters. The van der Waals surface area contributed by atoms with Crippen LogP contribution < -0.4 is 5.32 Å². The van der Waals surface area contributed by atoms with E-state index in [9.17, 15) is 9.59 Å². The molecule has 0 aliphatic heterocycles. The van der Waals surface area contributed by atoms with Crippen LogP contribution in [0.4, 0.5) is 4.79 Å². The van der Waals surface area contributed by atoms with Crippen molar-refractivity contribution in [2.24, 2.45) is 0 Å². The van der Waals surface area contributed by atoms with Crippen molar-refractivity contribution in [2.75, 3.05) is 20.6 Å². The van der Waals surface area contributed by atoms with Crippen molar-refractivity contribution in [1.29, 1.82) is 0 Å². The van der Waals surface area contributed by atoms with Crippen molar-refractivity contribution in [3.63, 3.8) is 0 Å². The number of nitrogens with one attached hydrogen (secondary N) is 1. The van der Waals surface area contributed by atoms with Gasteiger partial charge in [0, 0.05) is 6.54 Å². The van der Waals surface area contributed by atoms with Crippen LogP contribution in [0.15, 0.2) is 0 Å². The molecule has 0 aromatic heterocycles. The summed E-state index contributed by atoms with van der Waals surface area (Å²) >= 11 is 0. The van der Waals surface area contributed by atoms with Crippen LogP contribution >= 0.6 is 0 Å². The smallest absolute Gasteiger partial charge is 0.407 e. The zero-order valence-corrected chi connectivity index (χ0v) is 10.4. The third-order valence-corrected chi connectivity index (χ3v) is 1.75. The van der Waals surface area contributed by atoms with Crippen LogP contribution in [0.2, 0.25) is 0 Å². The summed E-state index contributed by atoms with van der Waals surface area (Å²) in [6.45, 7) is 5.24. The van der Waals surface area contributed by atoms with Gasteiger partial charge in [0.1, 0.15) is 11.6 Å². The van der Waals surface area contributed by atoms with E-state index < -0.39 is 23.7 Å². The van der Waals surface area contributed by atoms with Gasteiger partial charge in [-0.05, 0) is 34.9 Å². The molecule has 1 amide bonds. The van der Waals surface area contributed by atoms with E-state index in [0.29, 0.717) is 0 Å². The van der Waals surface area contributed by atoms with Crippen molar-refractivity contribution >= 4 is 12.1 Å². The lowest BCUT2D eigenvalue weighted by molar-refractivity contribution is -0.142. The van der Waals surface area contributed by atoms with Gasteiger partial charge < -0.3 is 15.2 Å². The van der Waals surface area contributed by atoms with Crippen molar-refractivity contribution in [3.05, 3.63) is 0 Å². The first-order chi connectivity index (χ1) is 7.13. The Bertz CT molecular complexity index is 258. The molecule has 0 unspecified atom stereocenters. The molecule has 0 fully saturated rings. The first kappa shape index (κ1) is 14.7. The Kier molecular flexibility index (Phi) is 5.23. The van der Waals surface area contributed by atoms with Gasteiger partial charge in [-0.2, -0.15) is 0 Å². The highest BCUT2D eigenvalue weighted by molar-refractivity contribution is 5.75. The second kappa shape index (κ2) is 5.69. The molecule has 0 aliphatic rings. The van der Waals surface area contributed by atoms with Crippen molar-refractivity contribution in [1.82, 2.24) is 10.2 Å². The minimum absolute atomic E-state index is 0.0112. The van der Waals surface area contributed by atoms with Gasteiger partial charge in [-0.3, -0.25) is 9.69 Å². The van der Waals surface area contributed by atoms with Crippen LogP contribution in [0.1, 0.15) is 20.8 Å². The second-order valence-corrected chi connectivity index (χ2v) is 4.70. The number of alkyl carbamates (subject to hydrolysis) is 1. The normalized spacial score (nSPS) is 13.4. The van der Waals surface area contributed by atoms with Gasteiger partial charge in [0.25, 0.3) is 0 Å². The zero-order valence-electron chi connectivity index (χ0n) is 10.4. The highest BCUT2D eigenvalue weighted by atomic mass is 16.6. The van der Waals surface area contributed by atoms with Gasteiger partial charge in [0.05, 0.1) is 0 Å². The van der Waals surface area contributed by atoms with E-state index in [0.717, 1.165) is 0 Å². The number of likely N-dealkylation sites (N-methyl/N-ethyl adjacent to an activating group) is 1. The molecule has 0 saturated heterocycles. The molecule has 0 aliphatic carbocycles. The Hall–Kier alpha value is -1.30. The Morgan fingerprint density at radius 2 is 1.88 bits per heavy atom. The number of rotatable bonds is 4. The molecule has 0 aromatic rings. The minimum atomic E-state index is -0.985. The highest BCUT2D eigenvalue weighted by Gasteiger charge is 2.22. The number of carboxylic acid groups (broad SMARTS) is 1. The quantitative estimate of drug-likeness (QED) is 0.739. The standard InChI is InChI=1S/C10H20N2O4/c1-10(2,3)16-9(15)11-6-7(8(13)14)12(4)5/h7H,6H2,1-5H3,(H,11,15)(H,13,14)/t7-/m0/s1. The molecular weight excluding hydrogens is 212 g/mol. The molecule has 0 heterocycles. The molecule has 0 spiro atoms. The SMILES string of the molecule is CN(C)[C@@H](CNC(=O)OC(C)(C)C)C(=O)O. The van der Waals surface area contributed by atoms with Gasteiger partial charge in [0.2, 0.25) is 0 Å². The lowest BCUT2D eigenvalue weighted by Crippen LogP contribution is -2.46. The summed E-state index contributed by atoms with van der Waals surface area (Å²) in [7, 11) is 3.27. The summed E-state index contributed by atoms with van der Waals surface area (Å²) in [6.07, 6.45) is -0.611. The predicted octanol–water partition coefficient (Wildman–Crippen LogP) is 0.526. The summed E-state index contributed by atoms with van der Waals surface area (Å²) in [6, 6.07) is -0.757. The maximum Gasteiger partial charge on any atom is 0.407 e. The molecule has 6 nitrogen and oxygen atoms in total. The largest absolute Gasteiger partial charge is 0.480 e. The fraction of sp³-hybridized carbons (Fsp3) is 0.800. The highest BCUT2D eigenvalue weighted by Crippen LogP contribution is 2.06. The molecule has 0 radical (unpaired) electrons. The van der Waals surface area contributed by atoms with E-state index in [2.05, 4.69) is 5.32 Å². The predicted molar refractivity (Wildman–Crippen MR) is 59.3 cm³/mol. The van der Waals surface area contributed by atoms with Crippen molar-refractivity contribution in [2.45, 2.75) is 32.4 Å². The molecule has 0 rings (SSSR count). The van der Waals surface area contributed by atoms with E-state index >= 15 is 0 Å². The van der Waals surface area contributed by atoms with Crippen LogP contribution in [-0.2, 0) is 9.53 Å². The lowest BCUT2D eigenvalue weighted by Gasteiger charge is -2.23. The van der Waals surface area contributed by atoms with Gasteiger partial charge in [-0.1, -0.05) is 0 Å². The maximum absolute atomic E-state index is 11.3. The number of amides is 1. The average molecular weight is 232 g/mol. The van der Waals surface area contributed by atoms with Crippen LogP contribution in [0, 0.1) is 0 Å². The van der Waals surface area contributed by atoms with E-state index in [-0.39, 0.29) is 6.54 Å². The van der Waals surface area contributed by atoms with Crippen LogP contribution in [0.25, 0.3) is 0 Å². The first-order valence-electron chi connectivity index (χ1n) is 4.99. The topological polar surface area (TPSA) is 78.9 Å². The van der Waals surface area contributed by atoms with Crippen molar-refractivity contribution < 1.29 is 19.4 Å². The monoisotopic (exact) mass is 232 g/mol. The number of aliphatic carboxylic acids is 1. The minimum Gasteiger partial charge on any atom is -0.480 e. The maximum atomic E-state index is 11.3. The first-order valence-corrected chi connectivity index (χ1v) is 4.99. The van der Waals surface area contributed by atoms with Gasteiger partial charge in [0.15, 0.2) is 0 Å². The van der Waals surface area contributed by atoms with Gasteiger partial charge in [-0.15, -0.1) is 0 Å². The molecule has 2 N–H and O–H groups in total. The summed E-state index contributed by atoms with van der Waals surface area (Å²) in [4.78, 5) is 23.6. The fourth-order valence-electron chi connectivity index (χ4n) is 0.985. The van der Waals surface area contributed by atoms with Crippen LogP contribution in [0.3, 0.4) is 0 Å². The number of hydrogen-bond acceptors (Lipinski definition) is 4. The number of hydrogen-bond donors (Lipinski definition) is 2. The molecule has 6 heteroatoms. The third kappa shape index (κ3) is 6.23. The van der Waals surface area contributed by atoms with Crippen LogP contribution in [0.5, 0.6) is 0 Å². The van der Waals surface area contributed by atoms with Crippen LogP contribution in [-0.4, -0.2) is 54.4 Å². The summed E-state index contributed by atoms with van der Waals surface area (Å²) in [5.74, 6) is -0.985. The summed E-state index contributed by atoms with van der Waals surface area (Å²) in [5.41, 5.74) is -0.582. The summed E-state index contributed by atoms with van der Waals surface area (Å²) < 4.78 is 4.99. The van der Waals surface area contributed by atoms with E-state index in [4.69, 9.17) is 9.84 Å². The van der Waals surface area contributed by atoms with Gasteiger partial charge in [-0.25, -0.2) is 4.79 Å². The Morgan fingerprint density at radius 3 is 2.19 bits per heavy atom. The fourth-order valence-corrected chi connectivity index (χ4v) is 0.985. The molecule has 0 saturated carbocycles. The average Bonchev–Trinajstić information content (AvgIpc) is 1.98. The number of ether oxygens (including phenoxy) is 1. The molecule has 16 heavy (non-hydrogen) atoms. The lowest BCUT2D eigenvalue weighted by atomic mass is 10.2. The molecular formula is C10H20N2O4. The van der Waals surface area contributed by atoms with Crippen molar-refractivity contribution in [3.8, 4) is 0 Å². The van der Waals surface area contributed by atoms with Gasteiger partial charge >= 0.3 is 12.1 Å². The number of carboxylic acids is 1. The Morgan fingerprint density at radius 1 is 1.38 bits per heavy atom. The number of nitrogens with zero attached hydrogens (tertiary/aromatic N) is 1. The van der Waals surface area contributed by atoms with E-state index in [1.54, 1.807) is 34.9 Å². The summed E-state index contributed by atoms with van der Waals surface area (Å²) in [5, 5.41) is 11.3. The Labute approximate surface area is 95.6 Å². The second-order valence-electron chi connectivity index (χ2n) is 4.70. The molecule has 0 aromatic carbocycles. The number of carbonyl (C=O) groups excluding carboxylic acids is 1. The number of carbonyl (C=O) groups is 2. The zero-order chi connectivity index (χ0) is 12.9. The van der Waals surface area contributed by atoms with E-state index in [1.165, 1.54) is 4.90 Å². The third-order valence-electron chi connectivity index (χ3n) is 1.75. The molecule has 0 bridgehead atoms. The Balaban J connectivity index is 4.12.